The van der Waals surface area contributed by atoms with E-state index in [-0.39, 0.29) is 6.54 Å². The molecule has 0 aliphatic carbocycles. The standard InChI is InChI=1S/C10H13BrFNO3S/c1-7(14)6-13(2)17(15,16)10-4-3-8(11)5-9(10)12/h3-5,7,14H,6H2,1-2H3. The second-order valence-corrected chi connectivity index (χ2v) is 6.64. The molecule has 1 N–H and O–H groups in total. The summed E-state index contributed by atoms with van der Waals surface area (Å²) in [5.74, 6) is -0.822. The molecular weight excluding hydrogens is 313 g/mol. The van der Waals surface area contributed by atoms with Crippen LogP contribution in [0.3, 0.4) is 0 Å². The van der Waals surface area contributed by atoms with Gasteiger partial charge in [0.15, 0.2) is 0 Å². The van der Waals surface area contributed by atoms with Gasteiger partial charge in [-0.1, -0.05) is 15.9 Å². The number of hydrogen-bond acceptors (Lipinski definition) is 3. The van der Waals surface area contributed by atoms with Crippen LogP contribution in [0.2, 0.25) is 0 Å². The first-order valence-corrected chi connectivity index (χ1v) is 7.08. The number of aliphatic hydroxyl groups is 1. The van der Waals surface area contributed by atoms with Crippen LogP contribution in [0.5, 0.6) is 0 Å². The molecule has 1 unspecified atom stereocenters. The number of nitrogens with zero attached hydrogens (tertiary/aromatic N) is 1. The molecule has 0 saturated heterocycles. The van der Waals surface area contributed by atoms with Gasteiger partial charge in [0.1, 0.15) is 10.7 Å². The van der Waals surface area contributed by atoms with Crippen LogP contribution in [-0.2, 0) is 10.0 Å². The van der Waals surface area contributed by atoms with Crippen LogP contribution in [0.4, 0.5) is 4.39 Å². The van der Waals surface area contributed by atoms with Crippen molar-refractivity contribution >= 4 is 26.0 Å². The van der Waals surface area contributed by atoms with Gasteiger partial charge in [-0.15, -0.1) is 0 Å². The number of hydrogen-bond donors (Lipinski definition) is 1. The van der Waals surface area contributed by atoms with E-state index in [1.807, 2.05) is 0 Å². The zero-order chi connectivity index (χ0) is 13.2. The fourth-order valence-electron chi connectivity index (χ4n) is 1.32. The third-order valence-corrected chi connectivity index (χ3v) is 4.45. The van der Waals surface area contributed by atoms with Crippen molar-refractivity contribution in [1.29, 1.82) is 0 Å². The Kier molecular flexibility index (Phi) is 4.65. The topological polar surface area (TPSA) is 57.6 Å². The molecule has 0 radical (unpaired) electrons. The summed E-state index contributed by atoms with van der Waals surface area (Å²) in [5, 5.41) is 9.14. The quantitative estimate of drug-likeness (QED) is 0.914. The van der Waals surface area contributed by atoms with Crippen molar-refractivity contribution in [3.8, 4) is 0 Å². The molecule has 96 valence electrons. The molecule has 0 saturated carbocycles. The average molecular weight is 326 g/mol. The lowest BCUT2D eigenvalue weighted by Gasteiger charge is -2.18. The van der Waals surface area contributed by atoms with Crippen molar-refractivity contribution in [1.82, 2.24) is 4.31 Å². The Morgan fingerprint density at radius 2 is 2.12 bits per heavy atom. The first kappa shape index (κ1) is 14.6. The van der Waals surface area contributed by atoms with Crippen molar-refractivity contribution < 1.29 is 17.9 Å². The third-order valence-electron chi connectivity index (χ3n) is 2.10. The SMILES string of the molecule is CC(O)CN(C)S(=O)(=O)c1ccc(Br)cc1F. The van der Waals surface area contributed by atoms with Crippen molar-refractivity contribution in [3.05, 3.63) is 28.5 Å². The van der Waals surface area contributed by atoms with Gasteiger partial charge in [-0.3, -0.25) is 0 Å². The van der Waals surface area contributed by atoms with E-state index in [2.05, 4.69) is 15.9 Å². The summed E-state index contributed by atoms with van der Waals surface area (Å²) in [6, 6.07) is 3.72. The predicted molar refractivity (Wildman–Crippen MR) is 65.6 cm³/mol. The molecule has 0 amide bonds. The van der Waals surface area contributed by atoms with E-state index in [9.17, 15) is 12.8 Å². The number of likely N-dealkylation sites (N-methyl/N-ethyl adjacent to an activating group) is 1. The minimum atomic E-state index is -3.90. The molecule has 0 fully saturated rings. The summed E-state index contributed by atoms with van der Waals surface area (Å²) < 4.78 is 38.8. The van der Waals surface area contributed by atoms with E-state index in [0.717, 1.165) is 10.4 Å². The highest BCUT2D eigenvalue weighted by atomic mass is 79.9. The van der Waals surface area contributed by atoms with Crippen LogP contribution in [0, 0.1) is 5.82 Å². The average Bonchev–Trinajstić information content (AvgIpc) is 2.15. The Balaban J connectivity index is 3.13. The fraction of sp³-hybridized carbons (Fsp3) is 0.400. The predicted octanol–water partition coefficient (Wildman–Crippen LogP) is 1.59. The molecule has 1 aromatic carbocycles. The summed E-state index contributed by atoms with van der Waals surface area (Å²) in [5.41, 5.74) is 0. The van der Waals surface area contributed by atoms with Gasteiger partial charge in [-0.05, 0) is 25.1 Å². The van der Waals surface area contributed by atoms with E-state index >= 15 is 0 Å². The van der Waals surface area contributed by atoms with Crippen LogP contribution in [0.1, 0.15) is 6.92 Å². The number of aliphatic hydroxyl groups excluding tert-OH is 1. The molecule has 4 nitrogen and oxygen atoms in total. The summed E-state index contributed by atoms with van der Waals surface area (Å²) in [6.07, 6.45) is -0.812. The van der Waals surface area contributed by atoms with Gasteiger partial charge in [-0.2, -0.15) is 4.31 Å². The van der Waals surface area contributed by atoms with Crippen molar-refractivity contribution in [2.45, 2.75) is 17.9 Å². The highest BCUT2D eigenvalue weighted by Gasteiger charge is 2.25. The number of rotatable bonds is 4. The molecule has 1 rings (SSSR count). The lowest BCUT2D eigenvalue weighted by atomic mass is 10.3. The van der Waals surface area contributed by atoms with Gasteiger partial charge >= 0.3 is 0 Å². The minimum Gasteiger partial charge on any atom is -0.392 e. The Morgan fingerprint density at radius 3 is 2.59 bits per heavy atom. The highest BCUT2D eigenvalue weighted by Crippen LogP contribution is 2.22. The number of sulfonamides is 1. The van der Waals surface area contributed by atoms with Crippen LogP contribution < -0.4 is 0 Å². The first-order chi connectivity index (χ1) is 7.75. The molecule has 7 heteroatoms. The summed E-state index contributed by atoms with van der Waals surface area (Å²) in [6.45, 7) is 1.38. The smallest absolute Gasteiger partial charge is 0.245 e. The maximum Gasteiger partial charge on any atom is 0.245 e. The molecule has 0 bridgehead atoms. The van der Waals surface area contributed by atoms with Gasteiger partial charge in [0.05, 0.1) is 6.10 Å². The second-order valence-electron chi connectivity index (χ2n) is 3.71. The Morgan fingerprint density at radius 1 is 1.53 bits per heavy atom. The minimum absolute atomic E-state index is 0.0855. The lowest BCUT2D eigenvalue weighted by Crippen LogP contribution is -2.33. The number of benzene rings is 1. The Labute approximate surface area is 108 Å². The molecule has 1 aromatic rings. The van der Waals surface area contributed by atoms with E-state index in [1.54, 1.807) is 0 Å². The lowest BCUT2D eigenvalue weighted by molar-refractivity contribution is 0.171. The van der Waals surface area contributed by atoms with Crippen LogP contribution in [0.25, 0.3) is 0 Å². The summed E-state index contributed by atoms with van der Waals surface area (Å²) in [7, 11) is -2.61. The molecule has 0 spiro atoms. The largest absolute Gasteiger partial charge is 0.392 e. The zero-order valence-corrected chi connectivity index (χ0v) is 11.8. The molecule has 0 aliphatic rings. The highest BCUT2D eigenvalue weighted by molar-refractivity contribution is 9.10. The van der Waals surface area contributed by atoms with Gasteiger partial charge < -0.3 is 5.11 Å². The molecule has 0 aromatic heterocycles. The van der Waals surface area contributed by atoms with E-state index in [4.69, 9.17) is 5.11 Å². The maximum absolute atomic E-state index is 13.5. The van der Waals surface area contributed by atoms with Crippen molar-refractivity contribution in [2.75, 3.05) is 13.6 Å². The van der Waals surface area contributed by atoms with Crippen molar-refractivity contribution in [2.24, 2.45) is 0 Å². The molecule has 17 heavy (non-hydrogen) atoms. The maximum atomic E-state index is 13.5. The van der Waals surface area contributed by atoms with E-state index in [1.165, 1.54) is 26.1 Å². The van der Waals surface area contributed by atoms with Crippen LogP contribution >= 0.6 is 15.9 Å². The fourth-order valence-corrected chi connectivity index (χ4v) is 2.95. The summed E-state index contributed by atoms with van der Waals surface area (Å²) in [4.78, 5) is -0.399. The van der Waals surface area contributed by atoms with Gasteiger partial charge in [0, 0.05) is 18.1 Å². The van der Waals surface area contributed by atoms with Gasteiger partial charge in [-0.25, -0.2) is 12.8 Å². The van der Waals surface area contributed by atoms with Gasteiger partial charge in [0.25, 0.3) is 0 Å². The molecule has 1 atom stereocenters. The number of halogens is 2. The molecule has 0 heterocycles. The summed E-state index contributed by atoms with van der Waals surface area (Å²) >= 11 is 3.05. The third kappa shape index (κ3) is 3.48. The van der Waals surface area contributed by atoms with Crippen LogP contribution in [-0.4, -0.2) is 37.5 Å². The van der Waals surface area contributed by atoms with E-state index in [0.29, 0.717) is 4.47 Å². The second kappa shape index (κ2) is 5.43. The molecule has 0 aliphatic heterocycles. The first-order valence-electron chi connectivity index (χ1n) is 4.84. The normalized spacial score (nSPS) is 14.0. The molecular formula is C10H13BrFNO3S. The zero-order valence-electron chi connectivity index (χ0n) is 9.39. The van der Waals surface area contributed by atoms with Crippen molar-refractivity contribution in [3.63, 3.8) is 0 Å². The Hall–Kier alpha value is -0.500. The van der Waals surface area contributed by atoms with Crippen LogP contribution in [0.15, 0.2) is 27.6 Å². The monoisotopic (exact) mass is 325 g/mol. The van der Waals surface area contributed by atoms with Gasteiger partial charge in [0.2, 0.25) is 10.0 Å². The Bertz CT molecular complexity index is 504. The van der Waals surface area contributed by atoms with E-state index < -0.39 is 26.8 Å².